The van der Waals surface area contributed by atoms with Crippen molar-refractivity contribution in [2.75, 3.05) is 0 Å². The molecule has 17 heavy (non-hydrogen) atoms. The van der Waals surface area contributed by atoms with E-state index in [1.165, 1.54) is 12.8 Å². The topological polar surface area (TPSA) is 55.1 Å². The SMILES string of the molecule is C=CCC(C)NC(=O)CC1CCCCC1N.Cl. The highest BCUT2D eigenvalue weighted by atomic mass is 35.5. The van der Waals surface area contributed by atoms with Crippen molar-refractivity contribution in [3.63, 3.8) is 0 Å². The van der Waals surface area contributed by atoms with Crippen LogP contribution in [0.2, 0.25) is 0 Å². The van der Waals surface area contributed by atoms with Gasteiger partial charge in [0.05, 0.1) is 0 Å². The Morgan fingerprint density at radius 3 is 2.76 bits per heavy atom. The number of nitrogens with two attached hydrogens (primary N) is 1. The summed E-state index contributed by atoms with van der Waals surface area (Å²) in [5.41, 5.74) is 6.02. The van der Waals surface area contributed by atoms with Gasteiger partial charge in [-0.15, -0.1) is 19.0 Å². The summed E-state index contributed by atoms with van der Waals surface area (Å²) in [5, 5.41) is 2.98. The molecular weight excluding hydrogens is 236 g/mol. The lowest BCUT2D eigenvalue weighted by Gasteiger charge is -2.28. The monoisotopic (exact) mass is 260 g/mol. The third kappa shape index (κ3) is 6.08. The van der Waals surface area contributed by atoms with E-state index in [0.29, 0.717) is 12.3 Å². The molecular formula is C13H25ClN2O. The molecule has 1 aliphatic rings. The number of nitrogens with one attached hydrogen (secondary N) is 1. The zero-order valence-electron chi connectivity index (χ0n) is 10.7. The van der Waals surface area contributed by atoms with Crippen molar-refractivity contribution >= 4 is 18.3 Å². The van der Waals surface area contributed by atoms with E-state index in [1.807, 2.05) is 13.0 Å². The minimum absolute atomic E-state index is 0. The minimum Gasteiger partial charge on any atom is -0.353 e. The smallest absolute Gasteiger partial charge is 0.220 e. The van der Waals surface area contributed by atoms with Crippen LogP contribution in [0.1, 0.15) is 45.4 Å². The Balaban J connectivity index is 0.00000256. The standard InChI is InChI=1S/C13H24N2O.ClH/c1-3-6-10(2)15-13(16)9-11-7-4-5-8-12(11)14;/h3,10-12H,1,4-9,14H2,2H3,(H,15,16);1H. The molecule has 0 aromatic carbocycles. The summed E-state index contributed by atoms with van der Waals surface area (Å²) in [6, 6.07) is 0.402. The fraction of sp³-hybridized carbons (Fsp3) is 0.769. The lowest BCUT2D eigenvalue weighted by atomic mass is 9.83. The molecule has 3 N–H and O–H groups in total. The molecule has 100 valence electrons. The molecule has 3 nitrogen and oxygen atoms in total. The number of amides is 1. The zero-order valence-corrected chi connectivity index (χ0v) is 11.5. The van der Waals surface area contributed by atoms with Crippen LogP contribution in [0.5, 0.6) is 0 Å². The summed E-state index contributed by atoms with van der Waals surface area (Å²) < 4.78 is 0. The van der Waals surface area contributed by atoms with Crippen LogP contribution in [0.15, 0.2) is 12.7 Å². The van der Waals surface area contributed by atoms with E-state index < -0.39 is 0 Å². The number of carbonyl (C=O) groups is 1. The van der Waals surface area contributed by atoms with Crippen molar-refractivity contribution in [3.8, 4) is 0 Å². The van der Waals surface area contributed by atoms with E-state index in [0.717, 1.165) is 19.3 Å². The van der Waals surface area contributed by atoms with Crippen LogP contribution in [-0.4, -0.2) is 18.0 Å². The quantitative estimate of drug-likeness (QED) is 0.746. The van der Waals surface area contributed by atoms with Gasteiger partial charge >= 0.3 is 0 Å². The maximum Gasteiger partial charge on any atom is 0.220 e. The van der Waals surface area contributed by atoms with Crippen LogP contribution in [0.4, 0.5) is 0 Å². The lowest BCUT2D eigenvalue weighted by molar-refractivity contribution is -0.123. The molecule has 0 spiro atoms. The van der Waals surface area contributed by atoms with E-state index >= 15 is 0 Å². The number of hydrogen-bond donors (Lipinski definition) is 2. The van der Waals surface area contributed by atoms with Crippen molar-refractivity contribution in [2.45, 2.75) is 57.5 Å². The maximum atomic E-state index is 11.7. The molecule has 1 rings (SSSR count). The van der Waals surface area contributed by atoms with Gasteiger partial charge in [0.25, 0.3) is 0 Å². The van der Waals surface area contributed by atoms with E-state index in [9.17, 15) is 4.79 Å². The van der Waals surface area contributed by atoms with Crippen LogP contribution in [0.3, 0.4) is 0 Å². The lowest BCUT2D eigenvalue weighted by Crippen LogP contribution is -2.39. The van der Waals surface area contributed by atoms with Crippen LogP contribution < -0.4 is 11.1 Å². The molecule has 4 heteroatoms. The summed E-state index contributed by atoms with van der Waals surface area (Å²) in [4.78, 5) is 11.7. The van der Waals surface area contributed by atoms with Gasteiger partial charge in [0.1, 0.15) is 0 Å². The second-order valence-electron chi connectivity index (χ2n) is 4.91. The minimum atomic E-state index is 0. The van der Waals surface area contributed by atoms with Crippen molar-refractivity contribution < 1.29 is 4.79 Å². The molecule has 0 heterocycles. The van der Waals surface area contributed by atoms with Gasteiger partial charge in [0, 0.05) is 18.5 Å². The first kappa shape index (κ1) is 16.5. The molecule has 3 unspecified atom stereocenters. The van der Waals surface area contributed by atoms with Crippen LogP contribution >= 0.6 is 12.4 Å². The highest BCUT2D eigenvalue weighted by Crippen LogP contribution is 2.25. The molecule has 0 radical (unpaired) electrons. The van der Waals surface area contributed by atoms with Crippen LogP contribution in [-0.2, 0) is 4.79 Å². The summed E-state index contributed by atoms with van der Waals surface area (Å²) >= 11 is 0. The second-order valence-corrected chi connectivity index (χ2v) is 4.91. The summed E-state index contributed by atoms with van der Waals surface area (Å²) in [5.74, 6) is 0.515. The van der Waals surface area contributed by atoms with Gasteiger partial charge in [-0.3, -0.25) is 4.79 Å². The largest absolute Gasteiger partial charge is 0.353 e. The first-order chi connectivity index (χ1) is 7.63. The average molecular weight is 261 g/mol. The molecule has 1 saturated carbocycles. The zero-order chi connectivity index (χ0) is 12.0. The normalized spacial score (nSPS) is 25.5. The third-order valence-corrected chi connectivity index (χ3v) is 3.34. The van der Waals surface area contributed by atoms with Gasteiger partial charge in [-0.1, -0.05) is 18.9 Å². The summed E-state index contributed by atoms with van der Waals surface area (Å²) in [6.07, 6.45) is 7.84. The molecule has 1 amide bonds. The van der Waals surface area contributed by atoms with Gasteiger partial charge in [0.15, 0.2) is 0 Å². The number of halogens is 1. The summed E-state index contributed by atoms with van der Waals surface area (Å²) in [7, 11) is 0. The summed E-state index contributed by atoms with van der Waals surface area (Å²) in [6.45, 7) is 5.66. The van der Waals surface area contributed by atoms with E-state index in [4.69, 9.17) is 5.73 Å². The van der Waals surface area contributed by atoms with E-state index in [1.54, 1.807) is 0 Å². The molecule has 0 aromatic heterocycles. The molecule has 0 bridgehead atoms. The predicted molar refractivity (Wildman–Crippen MR) is 74.2 cm³/mol. The Hall–Kier alpha value is -0.540. The van der Waals surface area contributed by atoms with Crippen molar-refractivity contribution in [3.05, 3.63) is 12.7 Å². The van der Waals surface area contributed by atoms with Gasteiger partial charge in [-0.2, -0.15) is 0 Å². The molecule has 0 aliphatic heterocycles. The molecule has 0 aromatic rings. The predicted octanol–water partition coefficient (Wildman–Crippen LogP) is 2.40. The second kappa shape index (κ2) is 8.54. The maximum absolute atomic E-state index is 11.7. The Morgan fingerprint density at radius 1 is 1.53 bits per heavy atom. The number of hydrogen-bond acceptors (Lipinski definition) is 2. The highest BCUT2D eigenvalue weighted by Gasteiger charge is 2.24. The average Bonchev–Trinajstić information content (AvgIpc) is 2.21. The molecule has 1 aliphatic carbocycles. The van der Waals surface area contributed by atoms with Gasteiger partial charge < -0.3 is 11.1 Å². The highest BCUT2D eigenvalue weighted by molar-refractivity contribution is 5.85. The fourth-order valence-electron chi connectivity index (χ4n) is 2.37. The third-order valence-electron chi connectivity index (χ3n) is 3.34. The van der Waals surface area contributed by atoms with Crippen LogP contribution in [0, 0.1) is 5.92 Å². The van der Waals surface area contributed by atoms with E-state index in [-0.39, 0.29) is 30.4 Å². The van der Waals surface area contributed by atoms with Crippen LogP contribution in [0.25, 0.3) is 0 Å². The first-order valence-corrected chi connectivity index (χ1v) is 6.29. The van der Waals surface area contributed by atoms with Crippen molar-refractivity contribution in [2.24, 2.45) is 11.7 Å². The first-order valence-electron chi connectivity index (χ1n) is 6.29. The van der Waals surface area contributed by atoms with E-state index in [2.05, 4.69) is 11.9 Å². The molecule has 1 fully saturated rings. The van der Waals surface area contributed by atoms with Gasteiger partial charge in [-0.25, -0.2) is 0 Å². The Kier molecular flexibility index (Phi) is 8.26. The molecule has 0 saturated heterocycles. The Morgan fingerprint density at radius 2 is 2.18 bits per heavy atom. The van der Waals surface area contributed by atoms with Gasteiger partial charge in [0.2, 0.25) is 5.91 Å². The Bertz CT molecular complexity index is 246. The fourth-order valence-corrected chi connectivity index (χ4v) is 2.37. The molecule has 3 atom stereocenters. The van der Waals surface area contributed by atoms with Gasteiger partial charge in [-0.05, 0) is 32.1 Å². The van der Waals surface area contributed by atoms with Crippen molar-refractivity contribution in [1.82, 2.24) is 5.32 Å². The van der Waals surface area contributed by atoms with Crippen molar-refractivity contribution in [1.29, 1.82) is 0 Å². The Labute approximate surface area is 111 Å². The number of carbonyl (C=O) groups excluding carboxylic acids is 1. The number of rotatable bonds is 5.